The molecular weight excluding hydrogens is 152 g/mol. The van der Waals surface area contributed by atoms with Crippen LogP contribution in [0.4, 0.5) is 0 Å². The van der Waals surface area contributed by atoms with Crippen molar-refractivity contribution >= 4 is 0 Å². The fraction of sp³-hybridized carbons (Fsp3) is 1.00. The molecule has 4 atom stereocenters. The Bertz CT molecular complexity index is 121. The zero-order valence-electron chi connectivity index (χ0n) is 6.96. The van der Waals surface area contributed by atoms with Gasteiger partial charge in [-0.15, -0.1) is 0 Å². The second-order valence-corrected chi connectivity index (χ2v) is 2.23. The molecule has 1 unspecified atom stereocenters. The lowest BCUT2D eigenvalue weighted by atomic mass is 10.1. The third-order valence-corrected chi connectivity index (χ3v) is 1.32. The third-order valence-electron chi connectivity index (χ3n) is 1.32. The number of hydrogen-bond acceptors (Lipinski definition) is 5. The first-order valence-electron chi connectivity index (χ1n) is 3.82. The van der Waals surface area contributed by atoms with Crippen molar-refractivity contribution in [3.8, 4) is 0 Å². The van der Waals surface area contributed by atoms with Gasteiger partial charge in [0, 0.05) is 6.58 Å². The van der Waals surface area contributed by atoms with Crippen LogP contribution in [0, 0.1) is 0 Å². The topological polar surface area (TPSA) is 101 Å². The Morgan fingerprint density at radius 2 is 1.64 bits per heavy atom. The number of aliphatic hydroxyl groups excluding tert-OH is 5. The molecule has 11 heavy (non-hydrogen) atoms. The summed E-state index contributed by atoms with van der Waals surface area (Å²) in [5, 5.41) is 43.6. The van der Waals surface area contributed by atoms with E-state index in [1.165, 1.54) is 0 Å². The zero-order valence-corrected chi connectivity index (χ0v) is 5.96. The minimum Gasteiger partial charge on any atom is -0.396 e. The molecule has 0 fully saturated rings. The summed E-state index contributed by atoms with van der Waals surface area (Å²) in [6.45, 7) is -2.17. The zero-order chi connectivity index (χ0) is 9.72. The van der Waals surface area contributed by atoms with E-state index in [4.69, 9.17) is 26.9 Å². The normalized spacial score (nSPS) is 23.5. The Hall–Kier alpha value is -0.200. The minimum absolute atomic E-state index is 0.363. The van der Waals surface area contributed by atoms with Crippen molar-refractivity contribution in [2.45, 2.75) is 24.7 Å². The highest BCUT2D eigenvalue weighted by Gasteiger charge is 2.22. The van der Waals surface area contributed by atoms with Gasteiger partial charge in [-0.3, -0.25) is 0 Å². The maximum absolute atomic E-state index is 8.99. The van der Waals surface area contributed by atoms with Gasteiger partial charge in [0.25, 0.3) is 0 Å². The van der Waals surface area contributed by atoms with E-state index in [1.54, 1.807) is 0 Å². The number of aliphatic hydroxyl groups is 5. The van der Waals surface area contributed by atoms with Gasteiger partial charge in [0.05, 0.1) is 14.1 Å². The maximum atomic E-state index is 8.99. The summed E-state index contributed by atoms with van der Waals surface area (Å²) in [5.41, 5.74) is 0. The molecule has 0 rings (SSSR count). The highest BCUT2D eigenvalue weighted by molar-refractivity contribution is 4.73. The van der Waals surface area contributed by atoms with Gasteiger partial charge in [0.15, 0.2) is 0 Å². The van der Waals surface area contributed by atoms with Gasteiger partial charge in [-0.2, -0.15) is 0 Å². The monoisotopic (exact) mass is 167 g/mol. The van der Waals surface area contributed by atoms with E-state index in [9.17, 15) is 0 Å². The lowest BCUT2D eigenvalue weighted by Gasteiger charge is -2.20. The van der Waals surface area contributed by atoms with Crippen molar-refractivity contribution in [2.24, 2.45) is 0 Å². The summed E-state index contributed by atoms with van der Waals surface area (Å²) in [4.78, 5) is 0. The Morgan fingerprint density at radius 1 is 1.09 bits per heavy atom. The Balaban J connectivity index is 3.83. The molecule has 5 N–H and O–H groups in total. The third kappa shape index (κ3) is 3.64. The molecule has 0 aromatic carbocycles. The largest absolute Gasteiger partial charge is 0.396 e. The molecule has 0 bridgehead atoms. The summed E-state index contributed by atoms with van der Waals surface area (Å²) in [7, 11) is 0. The molecule has 68 valence electrons. The van der Waals surface area contributed by atoms with Gasteiger partial charge in [-0.1, -0.05) is 0 Å². The quantitative estimate of drug-likeness (QED) is 0.310. The molecule has 0 aromatic heterocycles. The lowest BCUT2D eigenvalue weighted by Crippen LogP contribution is -2.39. The first-order chi connectivity index (χ1) is 5.49. The van der Waals surface area contributed by atoms with Gasteiger partial charge < -0.3 is 25.5 Å². The fourth-order valence-electron chi connectivity index (χ4n) is 0.612. The molecule has 5 nitrogen and oxygen atoms in total. The second-order valence-electron chi connectivity index (χ2n) is 2.23. The van der Waals surface area contributed by atoms with E-state index in [0.29, 0.717) is 0 Å². The molecule has 0 spiro atoms. The van der Waals surface area contributed by atoms with Crippen LogP contribution in [-0.2, 0) is 0 Å². The summed E-state index contributed by atoms with van der Waals surface area (Å²) in [5.74, 6) is 0. The molecule has 0 aliphatic heterocycles. The van der Waals surface area contributed by atoms with Crippen molar-refractivity contribution in [1.29, 1.82) is 0 Å². The van der Waals surface area contributed by atoms with Crippen molar-refractivity contribution in [3.63, 3.8) is 0 Å². The molecule has 0 saturated carbocycles. The molecular formula is C6H14O5. The predicted molar refractivity (Wildman–Crippen MR) is 36.8 cm³/mol. The Morgan fingerprint density at radius 3 is 2.00 bits per heavy atom. The highest BCUT2D eigenvalue weighted by Crippen LogP contribution is 2.02. The van der Waals surface area contributed by atoms with Gasteiger partial charge in [-0.25, -0.2) is 0 Å². The molecule has 0 aliphatic carbocycles. The van der Waals surface area contributed by atoms with E-state index in [1.807, 2.05) is 0 Å². The van der Waals surface area contributed by atoms with Crippen LogP contribution in [0.1, 0.15) is 7.79 Å². The molecule has 0 saturated heterocycles. The van der Waals surface area contributed by atoms with Gasteiger partial charge in [0.1, 0.15) is 12.2 Å². The van der Waals surface area contributed by atoms with Crippen LogP contribution in [-0.4, -0.2) is 57.0 Å². The molecule has 0 heterocycles. The van der Waals surface area contributed by atoms with Crippen LogP contribution < -0.4 is 0 Å². The molecule has 0 aliphatic rings. The lowest BCUT2D eigenvalue weighted by molar-refractivity contribution is -0.0813. The summed E-state index contributed by atoms with van der Waals surface area (Å²) in [6.07, 6.45) is -4.74. The molecule has 5 heteroatoms. The molecule has 0 radical (unpaired) electrons. The number of hydrogen-bond donors (Lipinski definition) is 5. The van der Waals surface area contributed by atoms with Crippen molar-refractivity contribution in [3.05, 3.63) is 0 Å². The smallest absolute Gasteiger partial charge is 0.108 e. The average molecular weight is 167 g/mol. The van der Waals surface area contributed by atoms with Crippen molar-refractivity contribution < 1.29 is 26.9 Å². The van der Waals surface area contributed by atoms with E-state index in [-0.39, 0.29) is 6.42 Å². The highest BCUT2D eigenvalue weighted by atomic mass is 16.4. The first kappa shape index (κ1) is 8.89. The van der Waals surface area contributed by atoms with Crippen molar-refractivity contribution in [2.75, 3.05) is 13.2 Å². The van der Waals surface area contributed by atoms with Gasteiger partial charge in [-0.05, 0) is 6.42 Å². The summed E-state index contributed by atoms with van der Waals surface area (Å²) >= 11 is 0. The summed E-state index contributed by atoms with van der Waals surface area (Å²) in [6, 6.07) is 0. The molecule has 0 aromatic rings. The van der Waals surface area contributed by atoms with Crippen LogP contribution in [0.25, 0.3) is 0 Å². The van der Waals surface area contributed by atoms with Crippen LogP contribution in [0.5, 0.6) is 0 Å². The maximum Gasteiger partial charge on any atom is 0.108 e. The second kappa shape index (κ2) is 5.45. The fourth-order valence-corrected chi connectivity index (χ4v) is 0.612. The Labute approximate surface area is 65.9 Å². The van der Waals surface area contributed by atoms with Crippen LogP contribution in [0.3, 0.4) is 0 Å². The SMILES string of the molecule is [2H]C(O)C[C@@H](O)[C@@H](O)[C@H](O)CO. The van der Waals surface area contributed by atoms with Crippen LogP contribution in [0.2, 0.25) is 0 Å². The number of rotatable bonds is 5. The van der Waals surface area contributed by atoms with Gasteiger partial charge in [0.2, 0.25) is 0 Å². The standard InChI is InChI=1S/C6H14O5/c7-2-1-4(9)6(11)5(10)3-8/h4-11H,1-3H2/t4-,5-,6-/m1/s1/i2D/t2?,4-,5-,6-. The van der Waals surface area contributed by atoms with E-state index >= 15 is 0 Å². The van der Waals surface area contributed by atoms with Crippen LogP contribution >= 0.6 is 0 Å². The molecule has 0 amide bonds. The Kier molecular flexibility index (Phi) is 4.41. The van der Waals surface area contributed by atoms with Crippen molar-refractivity contribution in [1.82, 2.24) is 0 Å². The summed E-state index contributed by atoms with van der Waals surface area (Å²) < 4.78 is 6.64. The average Bonchev–Trinajstić information content (AvgIpc) is 2.00. The van der Waals surface area contributed by atoms with E-state index in [0.717, 1.165) is 0 Å². The van der Waals surface area contributed by atoms with E-state index < -0.39 is 31.5 Å². The van der Waals surface area contributed by atoms with Gasteiger partial charge >= 0.3 is 0 Å². The first-order valence-corrected chi connectivity index (χ1v) is 3.24. The predicted octanol–water partition coefficient (Wildman–Crippen LogP) is -2.56. The minimum atomic E-state index is -1.53. The van der Waals surface area contributed by atoms with Crippen LogP contribution in [0.15, 0.2) is 0 Å². The van der Waals surface area contributed by atoms with E-state index in [2.05, 4.69) is 0 Å².